The Hall–Kier alpha value is -1.58. The van der Waals surface area contributed by atoms with E-state index in [2.05, 4.69) is 10.1 Å². The van der Waals surface area contributed by atoms with E-state index in [4.69, 9.17) is 0 Å². The van der Waals surface area contributed by atoms with E-state index in [1.165, 1.54) is 4.52 Å². The lowest BCUT2D eigenvalue weighted by Crippen LogP contribution is -1.96. The van der Waals surface area contributed by atoms with E-state index in [1.807, 2.05) is 13.8 Å². The van der Waals surface area contributed by atoms with Gasteiger partial charge in [-0.2, -0.15) is 9.61 Å². The van der Waals surface area contributed by atoms with Gasteiger partial charge >= 0.3 is 0 Å². The van der Waals surface area contributed by atoms with Gasteiger partial charge in [0, 0.05) is 17.3 Å². The molecule has 0 atom stereocenters. The molecule has 0 aliphatic heterocycles. The van der Waals surface area contributed by atoms with Crippen LogP contribution in [0.2, 0.25) is 0 Å². The van der Waals surface area contributed by atoms with E-state index in [0.29, 0.717) is 5.65 Å². The zero-order valence-corrected chi connectivity index (χ0v) is 6.94. The number of nitrogens with zero attached hydrogens (tertiary/aromatic N) is 3. The fourth-order valence-electron chi connectivity index (χ4n) is 1.12. The highest BCUT2D eigenvalue weighted by Gasteiger charge is 2.06. The predicted molar refractivity (Wildman–Crippen MR) is 44.1 cm³/mol. The normalized spacial score (nSPS) is 10.8. The van der Waals surface area contributed by atoms with Crippen LogP contribution in [0.1, 0.15) is 11.3 Å². The molecule has 0 aliphatic carbocycles. The second-order valence-corrected chi connectivity index (χ2v) is 2.75. The van der Waals surface area contributed by atoms with E-state index >= 15 is 0 Å². The van der Waals surface area contributed by atoms with E-state index in [0.717, 1.165) is 11.3 Å². The first-order chi connectivity index (χ1) is 5.70. The number of aromatic nitrogens is 3. The Morgan fingerprint density at radius 2 is 2.17 bits per heavy atom. The molecule has 0 saturated heterocycles. The molecule has 0 aromatic carbocycles. The van der Waals surface area contributed by atoms with Gasteiger partial charge in [0.25, 0.3) is 0 Å². The van der Waals surface area contributed by atoms with Gasteiger partial charge in [-0.05, 0) is 13.8 Å². The summed E-state index contributed by atoms with van der Waals surface area (Å²) in [4.78, 5) is 4.24. The molecule has 0 amide bonds. The molecule has 2 aromatic heterocycles. The average Bonchev–Trinajstić information content (AvgIpc) is 2.48. The number of hydrogen-bond acceptors (Lipinski definition) is 3. The molecule has 12 heavy (non-hydrogen) atoms. The molecule has 2 rings (SSSR count). The number of aryl methyl sites for hydroxylation is 1. The predicted octanol–water partition coefficient (Wildman–Crippen LogP) is 1.05. The van der Waals surface area contributed by atoms with Crippen molar-refractivity contribution in [2.75, 3.05) is 0 Å². The molecule has 62 valence electrons. The third-order valence-electron chi connectivity index (χ3n) is 1.98. The molecule has 0 aliphatic rings. The van der Waals surface area contributed by atoms with Crippen LogP contribution in [0.25, 0.3) is 5.65 Å². The first kappa shape index (κ1) is 7.09. The van der Waals surface area contributed by atoms with Crippen molar-refractivity contribution in [3.8, 4) is 5.88 Å². The van der Waals surface area contributed by atoms with Gasteiger partial charge in [-0.25, -0.2) is 4.98 Å². The lowest BCUT2D eigenvalue weighted by atomic mass is 10.2. The van der Waals surface area contributed by atoms with Gasteiger partial charge in [0.2, 0.25) is 5.88 Å². The lowest BCUT2D eigenvalue weighted by Gasteiger charge is -2.03. The van der Waals surface area contributed by atoms with E-state index in [9.17, 15) is 5.11 Å². The zero-order valence-electron chi connectivity index (χ0n) is 6.94. The van der Waals surface area contributed by atoms with Gasteiger partial charge in [0.05, 0.1) is 6.20 Å². The first-order valence-electron chi connectivity index (χ1n) is 3.70. The first-order valence-corrected chi connectivity index (χ1v) is 3.70. The molecule has 2 heterocycles. The summed E-state index contributed by atoms with van der Waals surface area (Å²) in [5.41, 5.74) is 2.28. The van der Waals surface area contributed by atoms with Crippen LogP contribution in [0.15, 0.2) is 12.3 Å². The van der Waals surface area contributed by atoms with Crippen molar-refractivity contribution >= 4 is 5.65 Å². The van der Waals surface area contributed by atoms with Crippen LogP contribution in [0.3, 0.4) is 0 Å². The van der Waals surface area contributed by atoms with Crippen LogP contribution in [0, 0.1) is 13.8 Å². The molecule has 4 heteroatoms. The molecule has 1 N–H and O–H groups in total. The highest BCUT2D eigenvalue weighted by molar-refractivity contribution is 5.44. The minimum atomic E-state index is 0.169. The number of hydrogen-bond donors (Lipinski definition) is 1. The minimum absolute atomic E-state index is 0.169. The van der Waals surface area contributed by atoms with Gasteiger partial charge in [-0.1, -0.05) is 0 Å². The maximum atomic E-state index is 9.59. The van der Waals surface area contributed by atoms with Gasteiger partial charge in [0.1, 0.15) is 0 Å². The largest absolute Gasteiger partial charge is 0.493 e. The summed E-state index contributed by atoms with van der Waals surface area (Å²) in [5.74, 6) is 0.169. The van der Waals surface area contributed by atoms with Crippen LogP contribution in [0.4, 0.5) is 0 Å². The van der Waals surface area contributed by atoms with Crippen molar-refractivity contribution in [3.63, 3.8) is 0 Å². The highest BCUT2D eigenvalue weighted by Crippen LogP contribution is 2.18. The summed E-state index contributed by atoms with van der Waals surface area (Å²) >= 11 is 0. The monoisotopic (exact) mass is 163 g/mol. The molecule has 0 bridgehead atoms. The average molecular weight is 163 g/mol. The quantitative estimate of drug-likeness (QED) is 0.631. The summed E-state index contributed by atoms with van der Waals surface area (Å²) in [7, 11) is 0. The molecule has 2 aromatic rings. The Bertz CT molecular complexity index is 433. The van der Waals surface area contributed by atoms with Crippen LogP contribution < -0.4 is 0 Å². The Morgan fingerprint density at radius 1 is 1.42 bits per heavy atom. The molecular formula is C8H9N3O. The standard InChI is InChI=1S/C8H9N3O/c1-5-6(2)10-7-3-4-9-11(7)8(5)12/h3-4,12H,1-2H3. The van der Waals surface area contributed by atoms with Gasteiger partial charge in [0.15, 0.2) is 5.65 Å². The van der Waals surface area contributed by atoms with Gasteiger partial charge in [-0.15, -0.1) is 0 Å². The molecule has 0 unspecified atom stereocenters. The fourth-order valence-corrected chi connectivity index (χ4v) is 1.12. The van der Waals surface area contributed by atoms with Crippen LogP contribution in [-0.4, -0.2) is 19.7 Å². The van der Waals surface area contributed by atoms with Crippen LogP contribution in [0.5, 0.6) is 5.88 Å². The summed E-state index contributed by atoms with van der Waals surface area (Å²) in [6.45, 7) is 3.68. The third kappa shape index (κ3) is 0.777. The topological polar surface area (TPSA) is 50.4 Å². The van der Waals surface area contributed by atoms with Crippen molar-refractivity contribution in [2.24, 2.45) is 0 Å². The molecule has 0 saturated carbocycles. The second kappa shape index (κ2) is 2.20. The van der Waals surface area contributed by atoms with Gasteiger partial charge in [-0.3, -0.25) is 0 Å². The summed E-state index contributed by atoms with van der Waals surface area (Å²) in [6, 6.07) is 1.76. The Kier molecular flexibility index (Phi) is 1.30. The van der Waals surface area contributed by atoms with Crippen LogP contribution >= 0.6 is 0 Å². The number of aromatic hydroxyl groups is 1. The lowest BCUT2D eigenvalue weighted by molar-refractivity contribution is 0.430. The Labute approximate surface area is 69.5 Å². The highest BCUT2D eigenvalue weighted by atomic mass is 16.3. The fraction of sp³-hybridized carbons (Fsp3) is 0.250. The van der Waals surface area contributed by atoms with Crippen molar-refractivity contribution < 1.29 is 5.11 Å². The SMILES string of the molecule is Cc1nc2ccnn2c(O)c1C. The van der Waals surface area contributed by atoms with E-state index < -0.39 is 0 Å². The summed E-state index contributed by atoms with van der Waals surface area (Å²) in [6.07, 6.45) is 1.61. The van der Waals surface area contributed by atoms with Crippen molar-refractivity contribution in [2.45, 2.75) is 13.8 Å². The number of fused-ring (bicyclic) bond motifs is 1. The third-order valence-corrected chi connectivity index (χ3v) is 1.98. The van der Waals surface area contributed by atoms with E-state index in [-0.39, 0.29) is 5.88 Å². The summed E-state index contributed by atoms with van der Waals surface area (Å²) < 4.78 is 1.42. The summed E-state index contributed by atoms with van der Waals surface area (Å²) in [5, 5.41) is 13.5. The maximum absolute atomic E-state index is 9.59. The number of rotatable bonds is 0. The maximum Gasteiger partial charge on any atom is 0.218 e. The zero-order chi connectivity index (χ0) is 8.72. The molecule has 0 fully saturated rings. The van der Waals surface area contributed by atoms with Gasteiger partial charge < -0.3 is 5.11 Å². The molecule has 0 spiro atoms. The van der Waals surface area contributed by atoms with Crippen molar-refractivity contribution in [3.05, 3.63) is 23.5 Å². The van der Waals surface area contributed by atoms with Crippen LogP contribution in [-0.2, 0) is 0 Å². The van der Waals surface area contributed by atoms with Crippen molar-refractivity contribution in [1.29, 1.82) is 0 Å². The Morgan fingerprint density at radius 3 is 2.92 bits per heavy atom. The van der Waals surface area contributed by atoms with E-state index in [1.54, 1.807) is 12.3 Å². The Balaban J connectivity index is 2.94. The minimum Gasteiger partial charge on any atom is -0.493 e. The smallest absolute Gasteiger partial charge is 0.218 e. The molecular weight excluding hydrogens is 154 g/mol. The molecule has 0 radical (unpaired) electrons. The second-order valence-electron chi connectivity index (χ2n) is 2.75. The molecule has 4 nitrogen and oxygen atoms in total. The van der Waals surface area contributed by atoms with Crippen molar-refractivity contribution in [1.82, 2.24) is 14.6 Å².